The molecule has 1 aromatic carbocycles. The highest BCUT2D eigenvalue weighted by Crippen LogP contribution is 2.33. The van der Waals surface area contributed by atoms with E-state index < -0.39 is 0 Å². The molecule has 2 rings (SSSR count). The number of carbonyl (C=O) groups excluding carboxylic acids is 1. The summed E-state index contributed by atoms with van der Waals surface area (Å²) in [4.78, 5) is 12.3. The third-order valence-electron chi connectivity index (χ3n) is 3.66. The fraction of sp³-hybridized carbons (Fsp3) is 0.471. The van der Waals surface area contributed by atoms with E-state index in [9.17, 15) is 4.79 Å². The first-order valence-electron chi connectivity index (χ1n) is 7.21. The zero-order valence-corrected chi connectivity index (χ0v) is 12.2. The fourth-order valence-electron chi connectivity index (χ4n) is 2.38. The minimum Gasteiger partial charge on any atom is -0.350 e. The number of rotatable bonds is 4. The molecule has 0 spiro atoms. The number of hydrogen-bond donors (Lipinski definition) is 2. The molecular formula is C17H22N2O. The molecule has 20 heavy (non-hydrogen) atoms. The van der Waals surface area contributed by atoms with E-state index in [0.29, 0.717) is 12.1 Å². The average Bonchev–Trinajstić information content (AvgIpc) is 3.21. The highest BCUT2D eigenvalue weighted by atomic mass is 16.1. The Labute approximate surface area is 120 Å². The van der Waals surface area contributed by atoms with Crippen molar-refractivity contribution in [3.05, 3.63) is 34.9 Å². The van der Waals surface area contributed by atoms with Crippen LogP contribution in [0.3, 0.4) is 0 Å². The first-order chi connectivity index (χ1) is 9.61. The maximum atomic E-state index is 12.3. The van der Waals surface area contributed by atoms with Crippen LogP contribution in [-0.2, 0) is 0 Å². The zero-order valence-electron chi connectivity index (χ0n) is 12.2. The Kier molecular flexibility index (Phi) is 4.81. The lowest BCUT2D eigenvalue weighted by molar-refractivity contribution is 0.0937. The second kappa shape index (κ2) is 6.58. The molecule has 1 saturated carbocycles. The van der Waals surface area contributed by atoms with Crippen molar-refractivity contribution in [1.82, 2.24) is 5.32 Å². The molecule has 1 aliphatic carbocycles. The van der Waals surface area contributed by atoms with Crippen LogP contribution in [0.5, 0.6) is 0 Å². The number of nitrogens with one attached hydrogen (secondary N) is 1. The van der Waals surface area contributed by atoms with Gasteiger partial charge in [0.2, 0.25) is 0 Å². The normalized spacial score (nSPS) is 15.2. The molecule has 0 aliphatic heterocycles. The van der Waals surface area contributed by atoms with E-state index in [1.165, 1.54) is 12.8 Å². The summed E-state index contributed by atoms with van der Waals surface area (Å²) in [6.07, 6.45) is 3.70. The second-order valence-electron chi connectivity index (χ2n) is 5.54. The summed E-state index contributed by atoms with van der Waals surface area (Å²) in [6.45, 7) is 4.33. The maximum absolute atomic E-state index is 12.3. The Morgan fingerprint density at radius 3 is 2.90 bits per heavy atom. The number of hydrogen-bond acceptors (Lipinski definition) is 2. The molecule has 3 heteroatoms. The Bertz CT molecular complexity index is 550. The largest absolute Gasteiger partial charge is 0.350 e. The quantitative estimate of drug-likeness (QED) is 0.824. The van der Waals surface area contributed by atoms with Gasteiger partial charge in [-0.2, -0.15) is 0 Å². The van der Waals surface area contributed by atoms with Gasteiger partial charge >= 0.3 is 0 Å². The van der Waals surface area contributed by atoms with Crippen LogP contribution < -0.4 is 11.1 Å². The molecule has 1 atom stereocenters. The van der Waals surface area contributed by atoms with Crippen molar-refractivity contribution in [2.45, 2.75) is 39.2 Å². The van der Waals surface area contributed by atoms with Gasteiger partial charge in [-0.05, 0) is 43.9 Å². The topological polar surface area (TPSA) is 55.1 Å². The second-order valence-corrected chi connectivity index (χ2v) is 5.54. The summed E-state index contributed by atoms with van der Waals surface area (Å²) < 4.78 is 0. The van der Waals surface area contributed by atoms with E-state index in [-0.39, 0.29) is 11.9 Å². The van der Waals surface area contributed by atoms with Gasteiger partial charge in [0, 0.05) is 17.2 Å². The van der Waals surface area contributed by atoms with Crippen LogP contribution in [0.25, 0.3) is 0 Å². The van der Waals surface area contributed by atoms with Crippen molar-refractivity contribution in [3.63, 3.8) is 0 Å². The van der Waals surface area contributed by atoms with E-state index in [1.54, 1.807) is 0 Å². The van der Waals surface area contributed by atoms with Crippen LogP contribution in [0.2, 0.25) is 0 Å². The minimum absolute atomic E-state index is 0.00736. The molecular weight excluding hydrogens is 248 g/mol. The standard InChI is InChI=1S/C17H22N2O/c1-12(11-14-8-9-14)19-17(20)16-7-3-5-15(13(16)2)6-4-10-18/h3,5,7,12,14H,8-11,18H2,1-2H3,(H,19,20). The highest BCUT2D eigenvalue weighted by molar-refractivity contribution is 5.96. The van der Waals surface area contributed by atoms with Gasteiger partial charge in [-0.25, -0.2) is 0 Å². The third-order valence-corrected chi connectivity index (χ3v) is 3.66. The van der Waals surface area contributed by atoms with E-state index in [4.69, 9.17) is 5.73 Å². The number of nitrogens with two attached hydrogens (primary N) is 1. The van der Waals surface area contributed by atoms with Crippen molar-refractivity contribution in [3.8, 4) is 11.8 Å². The van der Waals surface area contributed by atoms with Gasteiger partial charge in [0.15, 0.2) is 0 Å². The Balaban J connectivity index is 2.08. The van der Waals surface area contributed by atoms with E-state index in [1.807, 2.05) is 25.1 Å². The van der Waals surface area contributed by atoms with E-state index >= 15 is 0 Å². The van der Waals surface area contributed by atoms with Crippen molar-refractivity contribution in [2.24, 2.45) is 11.7 Å². The lowest BCUT2D eigenvalue weighted by atomic mass is 10.0. The summed E-state index contributed by atoms with van der Waals surface area (Å²) in [7, 11) is 0. The van der Waals surface area contributed by atoms with Gasteiger partial charge in [0.1, 0.15) is 0 Å². The number of carbonyl (C=O) groups is 1. The predicted molar refractivity (Wildman–Crippen MR) is 81.4 cm³/mol. The molecule has 0 heterocycles. The Morgan fingerprint density at radius 2 is 2.25 bits per heavy atom. The summed E-state index contributed by atoms with van der Waals surface area (Å²) in [6, 6.07) is 5.87. The molecule has 0 aromatic heterocycles. The Hall–Kier alpha value is -1.79. The van der Waals surface area contributed by atoms with Crippen molar-refractivity contribution >= 4 is 5.91 Å². The van der Waals surface area contributed by atoms with E-state index in [0.717, 1.165) is 23.5 Å². The molecule has 106 valence electrons. The van der Waals surface area contributed by atoms with Crippen LogP contribution in [0, 0.1) is 24.7 Å². The van der Waals surface area contributed by atoms with Gasteiger partial charge in [0.25, 0.3) is 5.91 Å². The molecule has 0 radical (unpaired) electrons. The van der Waals surface area contributed by atoms with Crippen molar-refractivity contribution < 1.29 is 4.79 Å². The van der Waals surface area contributed by atoms with Crippen molar-refractivity contribution in [2.75, 3.05) is 6.54 Å². The van der Waals surface area contributed by atoms with Crippen LogP contribution >= 0.6 is 0 Å². The molecule has 0 saturated heterocycles. The van der Waals surface area contributed by atoms with Gasteiger partial charge in [-0.1, -0.05) is 30.7 Å². The van der Waals surface area contributed by atoms with Gasteiger partial charge in [0.05, 0.1) is 6.54 Å². The summed E-state index contributed by atoms with van der Waals surface area (Å²) >= 11 is 0. The van der Waals surface area contributed by atoms with Gasteiger partial charge < -0.3 is 11.1 Å². The smallest absolute Gasteiger partial charge is 0.251 e. The number of benzene rings is 1. The minimum atomic E-state index is -0.00736. The predicted octanol–water partition coefficient (Wildman–Crippen LogP) is 2.22. The Morgan fingerprint density at radius 1 is 1.50 bits per heavy atom. The lowest BCUT2D eigenvalue weighted by Gasteiger charge is -2.15. The monoisotopic (exact) mass is 270 g/mol. The highest BCUT2D eigenvalue weighted by Gasteiger charge is 2.24. The van der Waals surface area contributed by atoms with Gasteiger partial charge in [-0.3, -0.25) is 4.79 Å². The lowest BCUT2D eigenvalue weighted by Crippen LogP contribution is -2.33. The maximum Gasteiger partial charge on any atom is 0.251 e. The first-order valence-corrected chi connectivity index (χ1v) is 7.21. The van der Waals surface area contributed by atoms with Crippen LogP contribution in [0.4, 0.5) is 0 Å². The summed E-state index contributed by atoms with van der Waals surface area (Å²) in [5.41, 5.74) is 7.89. The molecule has 1 aliphatic rings. The molecule has 0 bridgehead atoms. The zero-order chi connectivity index (χ0) is 14.5. The van der Waals surface area contributed by atoms with Gasteiger partial charge in [-0.15, -0.1) is 0 Å². The fourth-order valence-corrected chi connectivity index (χ4v) is 2.38. The molecule has 3 N–H and O–H groups in total. The van der Waals surface area contributed by atoms with Crippen LogP contribution in [0.15, 0.2) is 18.2 Å². The molecule has 1 fully saturated rings. The van der Waals surface area contributed by atoms with Crippen molar-refractivity contribution in [1.29, 1.82) is 0 Å². The van der Waals surface area contributed by atoms with Crippen LogP contribution in [-0.4, -0.2) is 18.5 Å². The molecule has 3 nitrogen and oxygen atoms in total. The molecule has 1 amide bonds. The molecule has 1 aromatic rings. The molecule has 1 unspecified atom stereocenters. The summed E-state index contributed by atoms with van der Waals surface area (Å²) in [5.74, 6) is 6.65. The SMILES string of the molecule is Cc1c(C#CCN)cccc1C(=O)NC(C)CC1CC1. The number of amides is 1. The first kappa shape index (κ1) is 14.6. The average molecular weight is 270 g/mol. The third kappa shape index (κ3) is 3.85. The van der Waals surface area contributed by atoms with E-state index in [2.05, 4.69) is 24.1 Å². The summed E-state index contributed by atoms with van der Waals surface area (Å²) in [5, 5.41) is 3.08. The van der Waals surface area contributed by atoms with Crippen LogP contribution in [0.1, 0.15) is 47.7 Å².